The molecule has 2 aromatic rings. The van der Waals surface area contributed by atoms with Gasteiger partial charge in [-0.3, -0.25) is 4.79 Å². The molecule has 25 heavy (non-hydrogen) atoms. The van der Waals surface area contributed by atoms with E-state index in [0.29, 0.717) is 35.2 Å². The molecule has 0 heterocycles. The third-order valence-electron chi connectivity index (χ3n) is 4.59. The molecular formula is C19H20F2N2O2. The van der Waals surface area contributed by atoms with Crippen LogP contribution in [0.1, 0.15) is 36.0 Å². The van der Waals surface area contributed by atoms with Crippen LogP contribution in [0.2, 0.25) is 0 Å². The van der Waals surface area contributed by atoms with E-state index in [9.17, 15) is 18.7 Å². The topological polar surface area (TPSA) is 75.4 Å². The van der Waals surface area contributed by atoms with Gasteiger partial charge in [0.05, 0.1) is 11.7 Å². The average Bonchev–Trinajstić information content (AvgIpc) is 2.59. The zero-order chi connectivity index (χ0) is 18.0. The molecule has 4 N–H and O–H groups in total. The molecule has 0 spiro atoms. The van der Waals surface area contributed by atoms with E-state index in [4.69, 9.17) is 5.73 Å². The normalized spacial score (nSPS) is 20.3. The van der Waals surface area contributed by atoms with Crippen LogP contribution in [0.3, 0.4) is 0 Å². The molecule has 0 bridgehead atoms. The summed E-state index contributed by atoms with van der Waals surface area (Å²) >= 11 is 0. The summed E-state index contributed by atoms with van der Waals surface area (Å²) in [7, 11) is 0. The van der Waals surface area contributed by atoms with Gasteiger partial charge in [-0.25, -0.2) is 8.78 Å². The Balaban J connectivity index is 1.91. The van der Waals surface area contributed by atoms with Crippen LogP contribution < -0.4 is 11.1 Å². The van der Waals surface area contributed by atoms with Gasteiger partial charge >= 0.3 is 0 Å². The fraction of sp³-hybridized carbons (Fsp3) is 0.316. The van der Waals surface area contributed by atoms with Crippen LogP contribution in [0, 0.1) is 11.6 Å². The lowest BCUT2D eigenvalue weighted by atomic mass is 9.92. The predicted octanol–water partition coefficient (Wildman–Crippen LogP) is 3.45. The highest BCUT2D eigenvalue weighted by atomic mass is 19.2. The van der Waals surface area contributed by atoms with Crippen LogP contribution in [0.4, 0.5) is 14.5 Å². The van der Waals surface area contributed by atoms with Gasteiger partial charge in [0.15, 0.2) is 11.6 Å². The monoisotopic (exact) mass is 346 g/mol. The van der Waals surface area contributed by atoms with Gasteiger partial charge < -0.3 is 16.2 Å². The van der Waals surface area contributed by atoms with Crippen molar-refractivity contribution in [1.29, 1.82) is 0 Å². The summed E-state index contributed by atoms with van der Waals surface area (Å²) in [6, 6.07) is 8.76. The van der Waals surface area contributed by atoms with Gasteiger partial charge in [0.1, 0.15) is 0 Å². The SMILES string of the molecule is NC(=O)c1ccc(-c2ccc(F)c(F)c2)cc1NC1CCC(O)CC1. The number of aliphatic hydroxyl groups is 1. The molecule has 0 radical (unpaired) electrons. The Morgan fingerprint density at radius 1 is 1.00 bits per heavy atom. The summed E-state index contributed by atoms with van der Waals surface area (Å²) in [4.78, 5) is 11.7. The number of hydrogen-bond acceptors (Lipinski definition) is 3. The van der Waals surface area contributed by atoms with E-state index in [-0.39, 0.29) is 12.1 Å². The molecule has 1 aliphatic rings. The molecule has 132 valence electrons. The summed E-state index contributed by atoms with van der Waals surface area (Å²) in [5.74, 6) is -2.39. The van der Waals surface area contributed by atoms with Crippen molar-refractivity contribution in [2.45, 2.75) is 37.8 Å². The Labute approximate surface area is 144 Å². The molecule has 0 atom stereocenters. The van der Waals surface area contributed by atoms with Crippen LogP contribution in [0.15, 0.2) is 36.4 Å². The van der Waals surface area contributed by atoms with Gasteiger partial charge in [-0.15, -0.1) is 0 Å². The molecule has 2 aromatic carbocycles. The van der Waals surface area contributed by atoms with Crippen molar-refractivity contribution >= 4 is 11.6 Å². The summed E-state index contributed by atoms with van der Waals surface area (Å²) in [6.45, 7) is 0. The summed E-state index contributed by atoms with van der Waals surface area (Å²) in [5.41, 5.74) is 7.52. The minimum absolute atomic E-state index is 0.127. The molecule has 0 aliphatic heterocycles. The average molecular weight is 346 g/mol. The van der Waals surface area contributed by atoms with Gasteiger partial charge in [0.25, 0.3) is 5.91 Å². The van der Waals surface area contributed by atoms with Crippen molar-refractivity contribution in [2.75, 3.05) is 5.32 Å². The van der Waals surface area contributed by atoms with Gasteiger partial charge in [-0.2, -0.15) is 0 Å². The predicted molar refractivity (Wildman–Crippen MR) is 92.2 cm³/mol. The van der Waals surface area contributed by atoms with Crippen molar-refractivity contribution < 1.29 is 18.7 Å². The fourth-order valence-electron chi connectivity index (χ4n) is 3.17. The second-order valence-corrected chi connectivity index (χ2v) is 6.40. The Morgan fingerprint density at radius 2 is 1.64 bits per heavy atom. The number of carbonyl (C=O) groups excluding carboxylic acids is 1. The van der Waals surface area contributed by atoms with Gasteiger partial charge in [0.2, 0.25) is 0 Å². The highest BCUT2D eigenvalue weighted by Crippen LogP contribution is 2.29. The maximum atomic E-state index is 13.5. The Morgan fingerprint density at radius 3 is 2.28 bits per heavy atom. The molecule has 3 rings (SSSR count). The quantitative estimate of drug-likeness (QED) is 0.794. The number of nitrogens with one attached hydrogen (secondary N) is 1. The van der Waals surface area contributed by atoms with Gasteiger partial charge in [-0.1, -0.05) is 12.1 Å². The van der Waals surface area contributed by atoms with Crippen molar-refractivity contribution in [3.63, 3.8) is 0 Å². The van der Waals surface area contributed by atoms with E-state index in [1.807, 2.05) is 0 Å². The van der Waals surface area contributed by atoms with Crippen LogP contribution in [0.5, 0.6) is 0 Å². The van der Waals surface area contributed by atoms with Crippen molar-refractivity contribution in [2.24, 2.45) is 5.73 Å². The minimum atomic E-state index is -0.924. The van der Waals surface area contributed by atoms with Crippen molar-refractivity contribution in [1.82, 2.24) is 0 Å². The minimum Gasteiger partial charge on any atom is -0.393 e. The zero-order valence-electron chi connectivity index (χ0n) is 13.6. The van der Waals surface area contributed by atoms with Crippen LogP contribution in [-0.2, 0) is 0 Å². The molecular weight excluding hydrogens is 326 g/mol. The lowest BCUT2D eigenvalue weighted by Gasteiger charge is -2.28. The molecule has 1 fully saturated rings. The van der Waals surface area contributed by atoms with E-state index < -0.39 is 17.5 Å². The highest BCUT2D eigenvalue weighted by Gasteiger charge is 2.21. The number of halogens is 2. The highest BCUT2D eigenvalue weighted by molar-refractivity contribution is 5.99. The molecule has 4 nitrogen and oxygen atoms in total. The van der Waals surface area contributed by atoms with Crippen molar-refractivity contribution in [3.8, 4) is 11.1 Å². The number of carbonyl (C=O) groups is 1. The van der Waals surface area contributed by atoms with Crippen molar-refractivity contribution in [3.05, 3.63) is 53.6 Å². The van der Waals surface area contributed by atoms with E-state index in [2.05, 4.69) is 5.32 Å². The number of aliphatic hydroxyl groups excluding tert-OH is 1. The van der Waals surface area contributed by atoms with E-state index in [0.717, 1.165) is 25.0 Å². The fourth-order valence-corrected chi connectivity index (χ4v) is 3.17. The first-order valence-corrected chi connectivity index (χ1v) is 8.28. The molecule has 6 heteroatoms. The third kappa shape index (κ3) is 3.96. The first-order valence-electron chi connectivity index (χ1n) is 8.28. The van der Waals surface area contributed by atoms with E-state index in [1.54, 1.807) is 18.2 Å². The van der Waals surface area contributed by atoms with Crippen LogP contribution in [0.25, 0.3) is 11.1 Å². The molecule has 1 saturated carbocycles. The number of primary amides is 1. The molecule has 1 amide bonds. The third-order valence-corrected chi connectivity index (χ3v) is 4.59. The van der Waals surface area contributed by atoms with Gasteiger partial charge in [-0.05, 0) is 61.1 Å². The Hall–Kier alpha value is -2.47. The summed E-state index contributed by atoms with van der Waals surface area (Å²) in [6.07, 6.45) is 2.70. The molecule has 1 aliphatic carbocycles. The molecule has 0 saturated heterocycles. The smallest absolute Gasteiger partial charge is 0.250 e. The second-order valence-electron chi connectivity index (χ2n) is 6.40. The maximum Gasteiger partial charge on any atom is 0.250 e. The van der Waals surface area contributed by atoms with Crippen LogP contribution >= 0.6 is 0 Å². The molecule has 0 unspecified atom stereocenters. The van der Waals surface area contributed by atoms with E-state index in [1.165, 1.54) is 6.07 Å². The lowest BCUT2D eigenvalue weighted by Crippen LogP contribution is -2.29. The number of amides is 1. The Kier molecular flexibility index (Phi) is 4.99. The Bertz CT molecular complexity index is 787. The lowest BCUT2D eigenvalue weighted by molar-refractivity contribution is 0.100. The first-order chi connectivity index (χ1) is 11.9. The number of rotatable bonds is 4. The number of benzene rings is 2. The second kappa shape index (κ2) is 7.19. The maximum absolute atomic E-state index is 13.5. The standard InChI is InChI=1S/C19H20F2N2O2/c20-16-8-2-11(9-17(16)21)12-1-7-15(19(22)25)18(10-12)23-13-3-5-14(24)6-4-13/h1-2,7-10,13-14,23-24H,3-6H2,(H2,22,25). The summed E-state index contributed by atoms with van der Waals surface area (Å²) < 4.78 is 26.6. The molecule has 0 aromatic heterocycles. The van der Waals surface area contributed by atoms with E-state index >= 15 is 0 Å². The number of hydrogen-bond donors (Lipinski definition) is 3. The summed E-state index contributed by atoms with van der Waals surface area (Å²) in [5, 5.41) is 12.9. The first kappa shape index (κ1) is 17.4. The number of anilines is 1. The largest absolute Gasteiger partial charge is 0.393 e. The van der Waals surface area contributed by atoms with Gasteiger partial charge in [0, 0.05) is 11.7 Å². The number of nitrogens with two attached hydrogens (primary N) is 1. The van der Waals surface area contributed by atoms with Crippen LogP contribution in [-0.4, -0.2) is 23.2 Å². The zero-order valence-corrected chi connectivity index (χ0v) is 13.6.